The lowest BCUT2D eigenvalue weighted by atomic mass is 9.97. The van der Waals surface area contributed by atoms with E-state index in [4.69, 9.17) is 24.6 Å². The second-order valence-electron chi connectivity index (χ2n) is 6.97. The highest BCUT2D eigenvalue weighted by Gasteiger charge is 2.26. The van der Waals surface area contributed by atoms with Crippen molar-refractivity contribution < 1.29 is 18.7 Å². The predicted molar refractivity (Wildman–Crippen MR) is 102 cm³/mol. The Labute approximate surface area is 159 Å². The van der Waals surface area contributed by atoms with E-state index in [1.807, 2.05) is 26.0 Å². The lowest BCUT2D eigenvalue weighted by Crippen LogP contribution is -2.40. The first-order valence-electron chi connectivity index (χ1n) is 9.14. The molecule has 2 heterocycles. The third-order valence-electron chi connectivity index (χ3n) is 5.18. The van der Waals surface area contributed by atoms with Crippen molar-refractivity contribution in [1.82, 2.24) is 9.88 Å². The van der Waals surface area contributed by atoms with Crippen LogP contribution in [-0.2, 0) is 11.3 Å². The van der Waals surface area contributed by atoms with Crippen LogP contribution in [0.3, 0.4) is 0 Å². The number of carbonyl (C=O) groups excluding carboxylic acids is 1. The molecule has 0 saturated carbocycles. The van der Waals surface area contributed by atoms with Gasteiger partial charge in [0.25, 0.3) is 0 Å². The molecule has 1 atom stereocenters. The van der Waals surface area contributed by atoms with Crippen molar-refractivity contribution in [2.75, 3.05) is 27.3 Å². The van der Waals surface area contributed by atoms with Crippen LogP contribution in [0.15, 0.2) is 16.5 Å². The number of rotatable bonds is 6. The Hall–Kier alpha value is -2.54. The van der Waals surface area contributed by atoms with Crippen LogP contribution in [0.25, 0.3) is 11.5 Å². The number of aromatic nitrogens is 1. The van der Waals surface area contributed by atoms with Gasteiger partial charge in [-0.3, -0.25) is 9.69 Å². The molecule has 27 heavy (non-hydrogen) atoms. The van der Waals surface area contributed by atoms with E-state index in [2.05, 4.69) is 4.90 Å². The fourth-order valence-corrected chi connectivity index (χ4v) is 3.66. The van der Waals surface area contributed by atoms with Crippen molar-refractivity contribution in [3.05, 3.63) is 29.2 Å². The SMILES string of the molecule is COc1ccc(-c2nc(CN3CCC[C@H](C(N)=O)C3)c(C)o2)c(OC)c1C. The molecular weight excluding hydrogens is 346 g/mol. The second-order valence-corrected chi connectivity index (χ2v) is 6.97. The van der Waals surface area contributed by atoms with Gasteiger partial charge < -0.3 is 19.6 Å². The molecule has 0 unspecified atom stereocenters. The number of piperidine rings is 1. The van der Waals surface area contributed by atoms with Crippen LogP contribution < -0.4 is 15.2 Å². The Kier molecular flexibility index (Phi) is 5.70. The zero-order valence-electron chi connectivity index (χ0n) is 16.4. The average molecular weight is 373 g/mol. The highest BCUT2D eigenvalue weighted by Crippen LogP contribution is 2.38. The molecule has 0 bridgehead atoms. The summed E-state index contributed by atoms with van der Waals surface area (Å²) in [5.41, 5.74) is 8.03. The molecule has 7 heteroatoms. The van der Waals surface area contributed by atoms with E-state index in [1.54, 1.807) is 14.2 Å². The largest absolute Gasteiger partial charge is 0.496 e. The summed E-state index contributed by atoms with van der Waals surface area (Å²) in [7, 11) is 3.26. The molecule has 1 aromatic heterocycles. The number of amides is 1. The number of hydrogen-bond donors (Lipinski definition) is 1. The number of likely N-dealkylation sites (tertiary alicyclic amines) is 1. The standard InChI is InChI=1S/C20H27N3O4/c1-12-17(25-3)8-7-15(18(12)26-4)20-22-16(13(2)27-20)11-23-9-5-6-14(10-23)19(21)24/h7-8,14H,5-6,9-11H2,1-4H3,(H2,21,24)/t14-/m0/s1. The summed E-state index contributed by atoms with van der Waals surface area (Å²) in [6, 6.07) is 3.78. The van der Waals surface area contributed by atoms with Crippen LogP contribution in [0.2, 0.25) is 0 Å². The summed E-state index contributed by atoms with van der Waals surface area (Å²) in [6.45, 7) is 6.08. The first-order valence-corrected chi connectivity index (χ1v) is 9.14. The minimum Gasteiger partial charge on any atom is -0.496 e. The Bertz CT molecular complexity index is 831. The van der Waals surface area contributed by atoms with Gasteiger partial charge in [0.1, 0.15) is 17.3 Å². The molecule has 0 spiro atoms. The van der Waals surface area contributed by atoms with Crippen LogP contribution >= 0.6 is 0 Å². The van der Waals surface area contributed by atoms with E-state index in [-0.39, 0.29) is 11.8 Å². The highest BCUT2D eigenvalue weighted by molar-refractivity contribution is 5.77. The number of oxazole rings is 1. The van der Waals surface area contributed by atoms with Crippen molar-refractivity contribution in [1.29, 1.82) is 0 Å². The third-order valence-corrected chi connectivity index (χ3v) is 5.18. The average Bonchev–Trinajstić information content (AvgIpc) is 3.02. The number of carbonyl (C=O) groups is 1. The Morgan fingerprint density at radius 2 is 2.11 bits per heavy atom. The molecule has 0 aliphatic carbocycles. The zero-order chi connectivity index (χ0) is 19.6. The van der Waals surface area contributed by atoms with Crippen LogP contribution in [0, 0.1) is 19.8 Å². The van der Waals surface area contributed by atoms with Gasteiger partial charge in [-0.25, -0.2) is 4.98 Å². The number of benzene rings is 1. The van der Waals surface area contributed by atoms with E-state index in [0.29, 0.717) is 24.7 Å². The third kappa shape index (κ3) is 3.93. The number of nitrogens with two attached hydrogens (primary N) is 1. The molecule has 1 aromatic carbocycles. The van der Waals surface area contributed by atoms with Gasteiger partial charge in [-0.05, 0) is 45.4 Å². The fourth-order valence-electron chi connectivity index (χ4n) is 3.66. The maximum absolute atomic E-state index is 11.5. The normalized spacial score (nSPS) is 17.7. The van der Waals surface area contributed by atoms with Crippen molar-refractivity contribution >= 4 is 5.91 Å². The van der Waals surface area contributed by atoms with Crippen LogP contribution in [0.4, 0.5) is 0 Å². The molecule has 1 aliphatic heterocycles. The van der Waals surface area contributed by atoms with Crippen LogP contribution in [-0.4, -0.2) is 43.1 Å². The van der Waals surface area contributed by atoms with Crippen molar-refractivity contribution in [2.24, 2.45) is 11.7 Å². The van der Waals surface area contributed by atoms with Gasteiger partial charge >= 0.3 is 0 Å². The number of nitrogens with zero attached hydrogens (tertiary/aromatic N) is 2. The second kappa shape index (κ2) is 8.00. The summed E-state index contributed by atoms with van der Waals surface area (Å²) in [6.07, 6.45) is 1.82. The molecule has 1 aliphatic rings. The van der Waals surface area contributed by atoms with Crippen LogP contribution in [0.5, 0.6) is 11.5 Å². The van der Waals surface area contributed by atoms with E-state index in [1.165, 1.54) is 0 Å². The molecule has 2 N–H and O–H groups in total. The fraction of sp³-hybridized carbons (Fsp3) is 0.500. The molecular formula is C20H27N3O4. The van der Waals surface area contributed by atoms with Crippen molar-refractivity contribution in [2.45, 2.75) is 33.2 Å². The number of primary amides is 1. The number of ether oxygens (including phenoxy) is 2. The first-order chi connectivity index (χ1) is 12.9. The molecule has 7 nitrogen and oxygen atoms in total. The van der Waals surface area contributed by atoms with E-state index in [0.717, 1.165) is 47.7 Å². The van der Waals surface area contributed by atoms with Crippen molar-refractivity contribution in [3.63, 3.8) is 0 Å². The van der Waals surface area contributed by atoms with Gasteiger partial charge in [0, 0.05) is 18.7 Å². The Morgan fingerprint density at radius 1 is 1.33 bits per heavy atom. The lowest BCUT2D eigenvalue weighted by molar-refractivity contribution is -0.123. The van der Waals surface area contributed by atoms with E-state index >= 15 is 0 Å². The number of methoxy groups -OCH3 is 2. The summed E-state index contributed by atoms with van der Waals surface area (Å²) in [4.78, 5) is 18.4. The quantitative estimate of drug-likeness (QED) is 0.837. The minimum absolute atomic E-state index is 0.0882. The Balaban J connectivity index is 1.85. The molecule has 3 rings (SSSR count). The van der Waals surface area contributed by atoms with Crippen LogP contribution in [0.1, 0.15) is 29.9 Å². The zero-order valence-corrected chi connectivity index (χ0v) is 16.4. The summed E-state index contributed by atoms with van der Waals surface area (Å²) < 4.78 is 16.9. The van der Waals surface area contributed by atoms with Gasteiger partial charge in [0.15, 0.2) is 0 Å². The van der Waals surface area contributed by atoms with Gasteiger partial charge in [0.2, 0.25) is 11.8 Å². The van der Waals surface area contributed by atoms with E-state index < -0.39 is 0 Å². The van der Waals surface area contributed by atoms with E-state index in [9.17, 15) is 4.79 Å². The maximum atomic E-state index is 11.5. The molecule has 1 fully saturated rings. The van der Waals surface area contributed by atoms with Gasteiger partial charge in [-0.2, -0.15) is 0 Å². The maximum Gasteiger partial charge on any atom is 0.230 e. The smallest absolute Gasteiger partial charge is 0.230 e. The molecule has 146 valence electrons. The lowest BCUT2D eigenvalue weighted by Gasteiger charge is -2.30. The summed E-state index contributed by atoms with van der Waals surface area (Å²) in [5.74, 6) is 2.42. The minimum atomic E-state index is -0.226. The number of aryl methyl sites for hydroxylation is 1. The van der Waals surface area contributed by atoms with Gasteiger partial charge in [0.05, 0.1) is 31.4 Å². The topological polar surface area (TPSA) is 90.8 Å². The molecule has 1 saturated heterocycles. The highest BCUT2D eigenvalue weighted by atomic mass is 16.5. The monoisotopic (exact) mass is 373 g/mol. The first kappa shape index (κ1) is 19.2. The van der Waals surface area contributed by atoms with Crippen molar-refractivity contribution in [3.8, 4) is 23.0 Å². The molecule has 0 radical (unpaired) electrons. The van der Waals surface area contributed by atoms with Gasteiger partial charge in [-0.15, -0.1) is 0 Å². The van der Waals surface area contributed by atoms with Gasteiger partial charge in [-0.1, -0.05) is 0 Å². The Morgan fingerprint density at radius 3 is 2.78 bits per heavy atom. The molecule has 1 amide bonds. The molecule has 2 aromatic rings. The summed E-state index contributed by atoms with van der Waals surface area (Å²) in [5, 5.41) is 0. The predicted octanol–water partition coefficient (Wildman–Crippen LogP) is 2.67. The number of hydrogen-bond acceptors (Lipinski definition) is 6. The summed E-state index contributed by atoms with van der Waals surface area (Å²) >= 11 is 0.